The van der Waals surface area contributed by atoms with E-state index in [1.807, 2.05) is 0 Å². The summed E-state index contributed by atoms with van der Waals surface area (Å²) in [5.74, 6) is -2.17. The van der Waals surface area contributed by atoms with Gasteiger partial charge in [0.15, 0.2) is 6.61 Å². The van der Waals surface area contributed by atoms with E-state index >= 15 is 0 Å². The van der Waals surface area contributed by atoms with Gasteiger partial charge in [-0.25, -0.2) is 0 Å². The molecule has 0 spiro atoms. The van der Waals surface area contributed by atoms with Crippen molar-refractivity contribution in [1.29, 1.82) is 0 Å². The maximum Gasteiger partial charge on any atom is 0.310 e. The van der Waals surface area contributed by atoms with E-state index in [-0.39, 0.29) is 28.7 Å². The molecule has 2 bridgehead atoms. The van der Waals surface area contributed by atoms with Crippen LogP contribution < -0.4 is 5.32 Å². The molecule has 132 valence electrons. The molecule has 6 nitrogen and oxygen atoms in total. The van der Waals surface area contributed by atoms with Gasteiger partial charge in [0.1, 0.15) is 6.10 Å². The van der Waals surface area contributed by atoms with Gasteiger partial charge in [-0.15, -0.1) is 0 Å². The van der Waals surface area contributed by atoms with Gasteiger partial charge >= 0.3 is 11.9 Å². The Morgan fingerprint density at radius 3 is 2.72 bits per heavy atom. The van der Waals surface area contributed by atoms with E-state index in [1.165, 1.54) is 0 Å². The van der Waals surface area contributed by atoms with Crippen molar-refractivity contribution in [3.05, 3.63) is 29.3 Å². The van der Waals surface area contributed by atoms with E-state index in [4.69, 9.17) is 21.1 Å². The number of hydrogen-bond acceptors (Lipinski definition) is 5. The second-order valence-corrected chi connectivity index (χ2v) is 8.12. The number of carbonyl (C=O) groups is 3. The first-order valence-electron chi connectivity index (χ1n) is 8.02. The summed E-state index contributed by atoms with van der Waals surface area (Å²) >= 11 is 9.33. The molecule has 8 heteroatoms. The summed E-state index contributed by atoms with van der Waals surface area (Å²) in [7, 11) is 0. The third kappa shape index (κ3) is 2.83. The maximum atomic E-state index is 12.5. The predicted octanol–water partition coefficient (Wildman–Crippen LogP) is 2.39. The van der Waals surface area contributed by atoms with Crippen LogP contribution in [0.5, 0.6) is 0 Å². The minimum absolute atomic E-state index is 0.0123. The Kier molecular flexibility index (Phi) is 4.24. The van der Waals surface area contributed by atoms with Crippen LogP contribution in [0.25, 0.3) is 0 Å². The maximum absolute atomic E-state index is 12.5. The Morgan fingerprint density at radius 2 is 2.00 bits per heavy atom. The van der Waals surface area contributed by atoms with Gasteiger partial charge < -0.3 is 14.8 Å². The van der Waals surface area contributed by atoms with Crippen molar-refractivity contribution in [2.75, 3.05) is 11.9 Å². The first-order valence-corrected chi connectivity index (χ1v) is 9.31. The Hall–Kier alpha value is -1.60. The summed E-state index contributed by atoms with van der Waals surface area (Å²) < 4.78 is 10.5. The number of nitrogens with one attached hydrogen (secondary N) is 1. The average Bonchev–Trinajstić information content (AvgIpc) is 3.19. The lowest BCUT2D eigenvalue weighted by atomic mass is 9.80. The smallest absolute Gasteiger partial charge is 0.310 e. The standard InChI is InChI=1S/C17H15BrClNO5/c18-14-9-5-10-13(17(23)25-15(10)14)12(9)16(22)24-6-11(21)20-8-3-1-7(19)2-4-8/h1-4,9-10,12-15H,5-6H2,(H,20,21)/t9-,10-,12-,13-,14-,15+/m1/s1. The molecule has 1 aromatic carbocycles. The number of ether oxygens (including phenoxy) is 2. The zero-order valence-electron chi connectivity index (χ0n) is 13.0. The van der Waals surface area contributed by atoms with Crippen molar-refractivity contribution in [1.82, 2.24) is 0 Å². The quantitative estimate of drug-likeness (QED) is 0.588. The molecule has 0 unspecified atom stereocenters. The normalized spacial score (nSPS) is 34.7. The van der Waals surface area contributed by atoms with Gasteiger partial charge in [0.2, 0.25) is 0 Å². The van der Waals surface area contributed by atoms with Crippen molar-refractivity contribution < 1.29 is 23.9 Å². The third-order valence-corrected chi connectivity index (χ3v) is 6.72. The fourth-order valence-electron chi connectivity index (χ4n) is 4.26. The van der Waals surface area contributed by atoms with E-state index in [1.54, 1.807) is 24.3 Å². The molecular weight excluding hydrogens is 414 g/mol. The predicted molar refractivity (Wildman–Crippen MR) is 92.2 cm³/mol. The molecule has 25 heavy (non-hydrogen) atoms. The summed E-state index contributed by atoms with van der Waals surface area (Å²) in [5, 5.41) is 3.19. The fraction of sp³-hybridized carbons (Fsp3) is 0.471. The molecule has 2 saturated carbocycles. The Labute approximate surface area is 157 Å². The molecule has 3 aliphatic rings. The third-order valence-electron chi connectivity index (χ3n) is 5.27. The van der Waals surface area contributed by atoms with Gasteiger partial charge in [-0.1, -0.05) is 27.5 Å². The summed E-state index contributed by atoms with van der Waals surface area (Å²) in [5.41, 5.74) is 0.563. The van der Waals surface area contributed by atoms with Gasteiger partial charge in [0.25, 0.3) is 5.91 Å². The molecular formula is C17H15BrClNO5. The zero-order valence-corrected chi connectivity index (χ0v) is 15.3. The van der Waals surface area contributed by atoms with Gasteiger partial charge in [0.05, 0.1) is 16.7 Å². The van der Waals surface area contributed by atoms with Crippen LogP contribution in [0.4, 0.5) is 5.69 Å². The molecule has 0 radical (unpaired) electrons. The number of anilines is 1. The molecule has 1 aromatic rings. The van der Waals surface area contributed by atoms with Crippen LogP contribution in [-0.4, -0.2) is 35.4 Å². The van der Waals surface area contributed by atoms with Crippen molar-refractivity contribution in [2.24, 2.45) is 23.7 Å². The first kappa shape index (κ1) is 16.8. The first-order chi connectivity index (χ1) is 12.0. The van der Waals surface area contributed by atoms with Gasteiger partial charge in [-0.2, -0.15) is 0 Å². The summed E-state index contributed by atoms with van der Waals surface area (Å²) in [6.07, 6.45) is 0.632. The average molecular weight is 429 g/mol. The van der Waals surface area contributed by atoms with Crippen LogP contribution in [0.15, 0.2) is 24.3 Å². The second-order valence-electron chi connectivity index (χ2n) is 6.62. The number of alkyl halides is 1. The Morgan fingerprint density at radius 1 is 1.28 bits per heavy atom. The van der Waals surface area contributed by atoms with Crippen LogP contribution in [0.1, 0.15) is 6.42 Å². The molecule has 1 saturated heterocycles. The van der Waals surface area contributed by atoms with E-state index < -0.39 is 30.3 Å². The highest BCUT2D eigenvalue weighted by atomic mass is 79.9. The lowest BCUT2D eigenvalue weighted by molar-refractivity contribution is -0.157. The molecule has 4 rings (SSSR count). The minimum atomic E-state index is -0.538. The van der Waals surface area contributed by atoms with Gasteiger partial charge in [-0.05, 0) is 36.6 Å². The van der Waals surface area contributed by atoms with Gasteiger partial charge in [0, 0.05) is 16.6 Å². The SMILES string of the molecule is O=C(COC(=O)[C@@H]1[C@H]2C[C@H]3[C@H](OC(=O)[C@H]31)[C@@H]2Br)Nc1ccc(Cl)cc1. The van der Waals surface area contributed by atoms with Crippen LogP contribution >= 0.6 is 27.5 Å². The molecule has 1 amide bonds. The molecule has 1 heterocycles. The van der Waals surface area contributed by atoms with Crippen LogP contribution in [-0.2, 0) is 23.9 Å². The number of halogens is 2. The van der Waals surface area contributed by atoms with Crippen molar-refractivity contribution in [3.63, 3.8) is 0 Å². The lowest BCUT2D eigenvalue weighted by Gasteiger charge is -2.26. The second kappa shape index (κ2) is 6.29. The highest BCUT2D eigenvalue weighted by molar-refractivity contribution is 9.09. The molecule has 1 N–H and O–H groups in total. The number of fused-ring (bicyclic) bond motifs is 1. The van der Waals surface area contributed by atoms with E-state index in [0.29, 0.717) is 10.7 Å². The largest absolute Gasteiger partial charge is 0.461 e. The fourth-order valence-corrected chi connectivity index (χ4v) is 5.43. The van der Waals surface area contributed by atoms with Crippen molar-refractivity contribution in [2.45, 2.75) is 17.4 Å². The highest BCUT2D eigenvalue weighted by Crippen LogP contribution is 2.60. The van der Waals surface area contributed by atoms with Crippen LogP contribution in [0.2, 0.25) is 5.02 Å². The lowest BCUT2D eigenvalue weighted by Crippen LogP contribution is -2.39. The number of carbonyl (C=O) groups excluding carboxylic acids is 3. The van der Waals surface area contributed by atoms with E-state index in [2.05, 4.69) is 21.2 Å². The van der Waals surface area contributed by atoms with Crippen LogP contribution in [0, 0.1) is 23.7 Å². The van der Waals surface area contributed by atoms with E-state index in [0.717, 1.165) is 6.42 Å². The summed E-state index contributed by atoms with van der Waals surface area (Å²) in [4.78, 5) is 36.4. The zero-order chi connectivity index (χ0) is 17.7. The number of esters is 2. The topological polar surface area (TPSA) is 81.7 Å². The van der Waals surface area contributed by atoms with Crippen molar-refractivity contribution >= 4 is 51.1 Å². The monoisotopic (exact) mass is 427 g/mol. The molecule has 0 aromatic heterocycles. The highest BCUT2D eigenvalue weighted by Gasteiger charge is 2.68. The molecule has 2 aliphatic carbocycles. The Balaban J connectivity index is 1.35. The van der Waals surface area contributed by atoms with Gasteiger partial charge in [-0.3, -0.25) is 14.4 Å². The summed E-state index contributed by atoms with van der Waals surface area (Å²) in [6, 6.07) is 6.61. The molecule has 1 aliphatic heterocycles. The Bertz CT molecular complexity index is 739. The molecule has 6 atom stereocenters. The number of amides is 1. The summed E-state index contributed by atoms with van der Waals surface area (Å²) in [6.45, 7) is -0.395. The number of rotatable bonds is 4. The van der Waals surface area contributed by atoms with Crippen molar-refractivity contribution in [3.8, 4) is 0 Å². The minimum Gasteiger partial charge on any atom is -0.461 e. The number of benzene rings is 1. The molecule has 3 fully saturated rings. The van der Waals surface area contributed by atoms with Crippen LogP contribution in [0.3, 0.4) is 0 Å². The van der Waals surface area contributed by atoms with E-state index in [9.17, 15) is 14.4 Å². The number of hydrogen-bond donors (Lipinski definition) is 1.